The first-order valence-electron chi connectivity index (χ1n) is 7.46. The van der Waals surface area contributed by atoms with E-state index in [-0.39, 0.29) is 2.08 Å². The summed E-state index contributed by atoms with van der Waals surface area (Å²) < 4.78 is -0.0376. The fraction of sp³-hybridized carbons (Fsp3) is 0.0526. The molecule has 0 fully saturated rings. The van der Waals surface area contributed by atoms with Crippen molar-refractivity contribution in [2.75, 3.05) is 0 Å². The molecule has 23 heavy (non-hydrogen) atoms. The molecule has 0 saturated carbocycles. The molecule has 0 aliphatic rings. The maximum atomic E-state index is 2.31. The van der Waals surface area contributed by atoms with Crippen LogP contribution in [0.15, 0.2) is 106 Å². The first-order valence-corrected chi connectivity index (χ1v) is 9.91. The predicted molar refractivity (Wildman–Crippen MR) is 105 cm³/mol. The third-order valence-corrected chi connectivity index (χ3v) is 7.28. The van der Waals surface area contributed by atoms with Crippen molar-refractivity contribution in [2.45, 2.75) is 16.8 Å². The van der Waals surface area contributed by atoms with E-state index >= 15 is 0 Å². The van der Waals surface area contributed by atoms with Gasteiger partial charge in [-0.25, -0.2) is 0 Å². The molecule has 0 radical (unpaired) electrons. The molecule has 4 heteroatoms. The van der Waals surface area contributed by atoms with E-state index in [0.29, 0.717) is 0 Å². The second-order valence-corrected chi connectivity index (χ2v) is 10.4. The van der Waals surface area contributed by atoms with Crippen molar-refractivity contribution in [3.8, 4) is 0 Å². The van der Waals surface area contributed by atoms with Crippen LogP contribution >= 0.6 is 35.3 Å². The quantitative estimate of drug-likeness (QED) is 0.299. The molecular weight excluding hydrogens is 331 g/mol. The van der Waals surface area contributed by atoms with Crippen molar-refractivity contribution in [2.24, 2.45) is 0 Å². The standard InChI is InChI=1S/C19H15S3.Li/c1-4-10-16(11-5-1)20-19(21-17-12-6-2-7-13-17)22-18-14-8-3-9-15-18;/h1-15H;. The van der Waals surface area contributed by atoms with E-state index in [9.17, 15) is 0 Å². The van der Waals surface area contributed by atoms with Gasteiger partial charge in [0.05, 0.1) is 0 Å². The van der Waals surface area contributed by atoms with E-state index in [1.165, 1.54) is 14.7 Å². The van der Waals surface area contributed by atoms with Crippen LogP contribution < -0.4 is 0 Å². The third-order valence-electron chi connectivity index (χ3n) is 3.14. The van der Waals surface area contributed by atoms with Crippen LogP contribution in [-0.4, -0.2) is 19.8 Å². The van der Waals surface area contributed by atoms with Gasteiger partial charge in [0.15, 0.2) is 0 Å². The van der Waals surface area contributed by atoms with Crippen molar-refractivity contribution < 1.29 is 0 Å². The van der Waals surface area contributed by atoms with Gasteiger partial charge in [-0.05, 0) is 0 Å². The first-order chi connectivity index (χ1) is 11.2. The molecule has 110 valence electrons. The Morgan fingerprint density at radius 1 is 0.478 bits per heavy atom. The van der Waals surface area contributed by atoms with Gasteiger partial charge in [-0.3, -0.25) is 0 Å². The number of thioether (sulfide) groups is 3. The topological polar surface area (TPSA) is 0 Å². The summed E-state index contributed by atoms with van der Waals surface area (Å²) >= 11 is 8.03. The van der Waals surface area contributed by atoms with Crippen LogP contribution in [0.3, 0.4) is 0 Å². The summed E-state index contributed by atoms with van der Waals surface area (Å²) in [5.74, 6) is 0. The molecule has 0 aliphatic carbocycles. The Hall–Kier alpha value is -0.693. The normalized spacial score (nSPS) is 11.4. The monoisotopic (exact) mass is 346 g/mol. The molecule has 0 amide bonds. The van der Waals surface area contributed by atoms with Crippen LogP contribution in [-0.2, 0) is 0 Å². The molecule has 3 aromatic rings. The van der Waals surface area contributed by atoms with E-state index in [4.69, 9.17) is 0 Å². The number of hydrogen-bond donors (Lipinski definition) is 0. The van der Waals surface area contributed by atoms with Gasteiger partial charge in [0.1, 0.15) is 0 Å². The third kappa shape index (κ3) is 5.41. The molecule has 0 saturated heterocycles. The molecule has 0 bridgehead atoms. The van der Waals surface area contributed by atoms with Gasteiger partial charge in [-0.15, -0.1) is 0 Å². The Labute approximate surface area is 160 Å². The van der Waals surface area contributed by atoms with Gasteiger partial charge in [-0.1, -0.05) is 0 Å². The molecule has 3 rings (SSSR count). The maximum absolute atomic E-state index is 2.31. The minimum absolute atomic E-state index is 0.0376. The van der Waals surface area contributed by atoms with Crippen molar-refractivity contribution >= 4 is 53.0 Å². The summed E-state index contributed by atoms with van der Waals surface area (Å²) in [6.45, 7) is 0. The zero-order chi connectivity index (χ0) is 16.0. The zero-order valence-corrected chi connectivity index (χ0v) is 15.3. The molecule has 0 heterocycles. The molecule has 0 atom stereocenters. The van der Waals surface area contributed by atoms with Crippen LogP contribution in [0.25, 0.3) is 0 Å². The van der Waals surface area contributed by atoms with Gasteiger partial charge in [0, 0.05) is 0 Å². The van der Waals surface area contributed by atoms with Gasteiger partial charge in [0.2, 0.25) is 0 Å². The van der Waals surface area contributed by atoms with Crippen LogP contribution in [0, 0.1) is 0 Å². The van der Waals surface area contributed by atoms with Crippen LogP contribution in [0.1, 0.15) is 0 Å². The Bertz CT molecular complexity index is 616. The van der Waals surface area contributed by atoms with E-state index in [2.05, 4.69) is 109 Å². The average molecular weight is 346 g/mol. The fourth-order valence-corrected chi connectivity index (χ4v) is 6.57. The Kier molecular flexibility index (Phi) is 6.27. The van der Waals surface area contributed by atoms with E-state index < -0.39 is 0 Å². The molecule has 0 aromatic heterocycles. The SMILES string of the molecule is [Li][C](Sc1ccccc1)(Sc1ccccc1)Sc1ccccc1. The summed E-state index contributed by atoms with van der Waals surface area (Å²) in [5.41, 5.74) is 0. The Morgan fingerprint density at radius 3 is 1.00 bits per heavy atom. The first kappa shape index (κ1) is 17.1. The summed E-state index contributed by atoms with van der Waals surface area (Å²) in [7, 11) is 0. The van der Waals surface area contributed by atoms with Gasteiger partial charge in [-0.2, -0.15) is 0 Å². The van der Waals surface area contributed by atoms with E-state index in [1.54, 1.807) is 0 Å². The molecular formula is C19H15LiS3. The average Bonchev–Trinajstić information content (AvgIpc) is 2.57. The molecule has 0 aliphatic heterocycles. The summed E-state index contributed by atoms with van der Waals surface area (Å²) in [4.78, 5) is 3.88. The van der Waals surface area contributed by atoms with Crippen molar-refractivity contribution in [1.82, 2.24) is 0 Å². The van der Waals surface area contributed by atoms with Crippen molar-refractivity contribution in [3.05, 3.63) is 91.0 Å². The van der Waals surface area contributed by atoms with Crippen molar-refractivity contribution in [1.29, 1.82) is 0 Å². The predicted octanol–water partition coefficient (Wildman–Crippen LogP) is 6.14. The Balaban J connectivity index is 1.85. The molecule has 0 nitrogen and oxygen atoms in total. The number of benzene rings is 3. The molecule has 0 N–H and O–H groups in total. The summed E-state index contributed by atoms with van der Waals surface area (Å²) in [6, 6.07) is 31.9. The zero-order valence-electron chi connectivity index (χ0n) is 12.9. The minimum atomic E-state index is -0.0376. The van der Waals surface area contributed by atoms with Crippen LogP contribution in [0.5, 0.6) is 0 Å². The number of rotatable bonds is 6. The van der Waals surface area contributed by atoms with Gasteiger partial charge in [0.25, 0.3) is 0 Å². The van der Waals surface area contributed by atoms with E-state index in [1.807, 2.05) is 35.3 Å². The molecule has 0 spiro atoms. The van der Waals surface area contributed by atoms with Gasteiger partial charge < -0.3 is 0 Å². The summed E-state index contributed by atoms with van der Waals surface area (Å²) in [5, 5.41) is 0. The second kappa shape index (κ2) is 8.42. The number of hydrogen-bond acceptors (Lipinski definition) is 3. The molecule has 3 aromatic carbocycles. The second-order valence-electron chi connectivity index (χ2n) is 5.11. The van der Waals surface area contributed by atoms with Crippen LogP contribution in [0.4, 0.5) is 0 Å². The van der Waals surface area contributed by atoms with E-state index in [0.717, 1.165) is 0 Å². The Morgan fingerprint density at radius 2 is 0.739 bits per heavy atom. The molecule has 0 unspecified atom stereocenters. The van der Waals surface area contributed by atoms with Crippen molar-refractivity contribution in [3.63, 3.8) is 0 Å². The van der Waals surface area contributed by atoms with Gasteiger partial charge >= 0.3 is 161 Å². The fourth-order valence-electron chi connectivity index (χ4n) is 2.17. The summed E-state index contributed by atoms with van der Waals surface area (Å²) in [6.07, 6.45) is 0. The van der Waals surface area contributed by atoms with Crippen LogP contribution in [0.2, 0.25) is 0 Å².